The second kappa shape index (κ2) is 6.35. The van der Waals surface area contributed by atoms with Crippen LogP contribution in [0, 0.1) is 11.8 Å². The van der Waals surface area contributed by atoms with Gasteiger partial charge < -0.3 is 5.32 Å². The molecular weight excluding hydrogens is 266 g/mol. The lowest BCUT2D eigenvalue weighted by atomic mass is 10.00. The van der Waals surface area contributed by atoms with Gasteiger partial charge in [-0.3, -0.25) is 19.5 Å². The van der Waals surface area contributed by atoms with Crippen molar-refractivity contribution in [2.75, 3.05) is 13.1 Å². The van der Waals surface area contributed by atoms with Crippen molar-refractivity contribution in [3.8, 4) is 0 Å². The number of imide groups is 1. The van der Waals surface area contributed by atoms with Gasteiger partial charge in [0.05, 0.1) is 11.8 Å². The summed E-state index contributed by atoms with van der Waals surface area (Å²) in [4.78, 5) is 29.9. The number of likely N-dealkylation sites (tertiary alicyclic amines) is 1. The predicted octanol–water partition coefficient (Wildman–Crippen LogP) is 1.35. The second-order valence-electron chi connectivity index (χ2n) is 5.86. The molecule has 5 heteroatoms. The van der Waals surface area contributed by atoms with Crippen LogP contribution in [0.1, 0.15) is 31.2 Å². The number of nitrogens with one attached hydrogen (secondary N) is 1. The molecule has 2 aliphatic rings. The van der Waals surface area contributed by atoms with Crippen LogP contribution in [-0.4, -0.2) is 34.8 Å². The fourth-order valence-electron chi connectivity index (χ4n) is 3.38. The first-order valence-corrected chi connectivity index (χ1v) is 7.72. The molecule has 1 aromatic heterocycles. The molecular formula is C16H21N3O2. The fourth-order valence-corrected chi connectivity index (χ4v) is 3.38. The lowest BCUT2D eigenvalue weighted by molar-refractivity contribution is -0.140. The van der Waals surface area contributed by atoms with Gasteiger partial charge in [-0.15, -0.1) is 0 Å². The van der Waals surface area contributed by atoms with Gasteiger partial charge >= 0.3 is 0 Å². The van der Waals surface area contributed by atoms with E-state index >= 15 is 0 Å². The highest BCUT2D eigenvalue weighted by atomic mass is 16.2. The zero-order valence-electron chi connectivity index (χ0n) is 12.1. The molecule has 21 heavy (non-hydrogen) atoms. The van der Waals surface area contributed by atoms with Crippen molar-refractivity contribution < 1.29 is 9.59 Å². The molecule has 1 saturated heterocycles. The Balaban J connectivity index is 1.40. The number of nitrogens with zero attached hydrogens (tertiary/aromatic N) is 2. The van der Waals surface area contributed by atoms with E-state index in [1.807, 2.05) is 18.3 Å². The van der Waals surface area contributed by atoms with Crippen LogP contribution in [0.15, 0.2) is 24.5 Å². The number of carbonyl (C=O) groups is 2. The van der Waals surface area contributed by atoms with Gasteiger partial charge in [0, 0.05) is 25.5 Å². The van der Waals surface area contributed by atoms with Gasteiger partial charge in [0.1, 0.15) is 0 Å². The lowest BCUT2D eigenvalue weighted by Crippen LogP contribution is -2.34. The van der Waals surface area contributed by atoms with E-state index in [4.69, 9.17) is 0 Å². The topological polar surface area (TPSA) is 62.3 Å². The molecule has 5 nitrogen and oxygen atoms in total. The number of fused-ring (bicyclic) bond motifs is 1. The summed E-state index contributed by atoms with van der Waals surface area (Å²) in [6, 6.07) is 3.94. The number of hydrogen-bond donors (Lipinski definition) is 1. The largest absolute Gasteiger partial charge is 0.313 e. The van der Waals surface area contributed by atoms with Crippen LogP contribution in [0.25, 0.3) is 0 Å². The molecule has 0 radical (unpaired) electrons. The highest BCUT2D eigenvalue weighted by Crippen LogP contribution is 2.39. The maximum Gasteiger partial charge on any atom is 0.233 e. The summed E-state index contributed by atoms with van der Waals surface area (Å²) >= 11 is 0. The Morgan fingerprint density at radius 3 is 2.67 bits per heavy atom. The fraction of sp³-hybridized carbons (Fsp3) is 0.562. The molecule has 3 rings (SSSR count). The first-order valence-electron chi connectivity index (χ1n) is 7.72. The van der Waals surface area contributed by atoms with Gasteiger partial charge in [-0.1, -0.05) is 12.5 Å². The number of carbonyl (C=O) groups excluding carboxylic acids is 2. The van der Waals surface area contributed by atoms with E-state index in [1.165, 1.54) is 4.90 Å². The number of pyridine rings is 1. The number of aromatic nitrogens is 1. The lowest BCUT2D eigenvalue weighted by Gasteiger charge is -2.15. The van der Waals surface area contributed by atoms with Crippen LogP contribution in [0.3, 0.4) is 0 Å². The van der Waals surface area contributed by atoms with E-state index < -0.39 is 0 Å². The molecule has 1 aromatic rings. The third kappa shape index (κ3) is 2.97. The molecule has 2 atom stereocenters. The summed E-state index contributed by atoms with van der Waals surface area (Å²) in [6.45, 7) is 2.10. The standard InChI is InChI=1S/C16H21N3O2/c20-15-13-5-1-6-14(13)16(21)19(15)9-3-8-18-11-12-4-2-7-17-10-12/h2,4,7,10,13-14,18H,1,3,5-6,8-9,11H2. The molecule has 1 N–H and O–H groups in total. The Labute approximate surface area is 124 Å². The Hall–Kier alpha value is -1.75. The van der Waals surface area contributed by atoms with Crippen LogP contribution in [0.2, 0.25) is 0 Å². The van der Waals surface area contributed by atoms with Crippen molar-refractivity contribution in [1.29, 1.82) is 0 Å². The van der Waals surface area contributed by atoms with E-state index in [0.717, 1.165) is 44.3 Å². The number of amides is 2. The summed E-state index contributed by atoms with van der Waals surface area (Å²) in [5.41, 5.74) is 1.14. The predicted molar refractivity (Wildman–Crippen MR) is 78.1 cm³/mol. The van der Waals surface area contributed by atoms with E-state index in [2.05, 4.69) is 10.3 Å². The Kier molecular flexibility index (Phi) is 4.29. The highest BCUT2D eigenvalue weighted by Gasteiger charge is 2.49. The van der Waals surface area contributed by atoms with E-state index in [0.29, 0.717) is 6.54 Å². The molecule has 0 aromatic carbocycles. The van der Waals surface area contributed by atoms with Gasteiger partial charge in [-0.2, -0.15) is 0 Å². The van der Waals surface area contributed by atoms with E-state index in [9.17, 15) is 9.59 Å². The van der Waals surface area contributed by atoms with Gasteiger partial charge in [0.15, 0.2) is 0 Å². The number of rotatable bonds is 6. The number of hydrogen-bond acceptors (Lipinski definition) is 4. The van der Waals surface area contributed by atoms with Gasteiger partial charge in [0.25, 0.3) is 0 Å². The normalized spacial score (nSPS) is 24.7. The Morgan fingerprint density at radius 2 is 2.00 bits per heavy atom. The minimum atomic E-state index is -0.0131. The van der Waals surface area contributed by atoms with Crippen LogP contribution < -0.4 is 5.32 Å². The first kappa shape index (κ1) is 14.2. The Bertz CT molecular complexity index is 496. The summed E-state index contributed by atoms with van der Waals surface area (Å²) < 4.78 is 0. The smallest absolute Gasteiger partial charge is 0.233 e. The molecule has 2 unspecified atom stereocenters. The Morgan fingerprint density at radius 1 is 1.24 bits per heavy atom. The minimum Gasteiger partial charge on any atom is -0.313 e. The third-order valence-corrected chi connectivity index (χ3v) is 4.47. The van der Waals surface area contributed by atoms with Gasteiger partial charge in [-0.05, 0) is 37.4 Å². The average molecular weight is 287 g/mol. The zero-order chi connectivity index (χ0) is 14.7. The van der Waals surface area contributed by atoms with E-state index in [-0.39, 0.29) is 23.7 Å². The van der Waals surface area contributed by atoms with E-state index in [1.54, 1.807) is 6.20 Å². The third-order valence-electron chi connectivity index (χ3n) is 4.47. The van der Waals surface area contributed by atoms with Crippen molar-refractivity contribution in [3.05, 3.63) is 30.1 Å². The first-order chi connectivity index (χ1) is 10.3. The molecule has 1 aliphatic heterocycles. The quantitative estimate of drug-likeness (QED) is 0.633. The molecule has 1 aliphatic carbocycles. The summed E-state index contributed by atoms with van der Waals surface area (Å²) in [5.74, 6) is 0.103. The summed E-state index contributed by atoms with van der Waals surface area (Å²) in [6.07, 6.45) is 7.20. The maximum absolute atomic E-state index is 12.2. The molecule has 2 amide bonds. The van der Waals surface area contributed by atoms with Crippen molar-refractivity contribution in [3.63, 3.8) is 0 Å². The molecule has 0 bridgehead atoms. The maximum atomic E-state index is 12.2. The van der Waals surface area contributed by atoms with Crippen LogP contribution in [0.5, 0.6) is 0 Å². The van der Waals surface area contributed by atoms with Crippen molar-refractivity contribution >= 4 is 11.8 Å². The second-order valence-corrected chi connectivity index (χ2v) is 5.86. The summed E-state index contributed by atoms with van der Waals surface area (Å²) in [7, 11) is 0. The summed E-state index contributed by atoms with van der Waals surface area (Å²) in [5, 5.41) is 3.32. The van der Waals surface area contributed by atoms with Gasteiger partial charge in [0.2, 0.25) is 11.8 Å². The average Bonchev–Trinajstić information content (AvgIpc) is 3.07. The SMILES string of the molecule is O=C1C2CCCC2C(=O)N1CCCNCc1cccnc1. The molecule has 2 heterocycles. The molecule has 1 saturated carbocycles. The van der Waals surface area contributed by atoms with Crippen molar-refractivity contribution in [1.82, 2.24) is 15.2 Å². The van der Waals surface area contributed by atoms with Crippen LogP contribution >= 0.6 is 0 Å². The monoisotopic (exact) mass is 287 g/mol. The molecule has 0 spiro atoms. The van der Waals surface area contributed by atoms with Gasteiger partial charge in [-0.25, -0.2) is 0 Å². The molecule has 112 valence electrons. The zero-order valence-corrected chi connectivity index (χ0v) is 12.1. The molecule has 2 fully saturated rings. The minimum absolute atomic E-state index is 0.0131. The van der Waals surface area contributed by atoms with Crippen molar-refractivity contribution in [2.45, 2.75) is 32.2 Å². The highest BCUT2D eigenvalue weighted by molar-refractivity contribution is 6.05. The van der Waals surface area contributed by atoms with Crippen LogP contribution in [0.4, 0.5) is 0 Å². The van der Waals surface area contributed by atoms with Crippen molar-refractivity contribution in [2.24, 2.45) is 11.8 Å². The van der Waals surface area contributed by atoms with Crippen LogP contribution in [-0.2, 0) is 16.1 Å².